The second kappa shape index (κ2) is 6.75. The van der Waals surface area contributed by atoms with E-state index in [0.717, 1.165) is 5.56 Å². The summed E-state index contributed by atoms with van der Waals surface area (Å²) in [5.74, 6) is -0.359. The van der Waals surface area contributed by atoms with Gasteiger partial charge in [-0.2, -0.15) is 0 Å². The number of furan rings is 1. The quantitative estimate of drug-likeness (QED) is 0.826. The van der Waals surface area contributed by atoms with Gasteiger partial charge in [-0.05, 0) is 36.1 Å². The lowest BCUT2D eigenvalue weighted by Crippen LogP contribution is -2.40. The van der Waals surface area contributed by atoms with Crippen LogP contribution in [0.2, 0.25) is 0 Å². The number of benzene rings is 1. The Kier molecular flexibility index (Phi) is 4.52. The molecule has 2 aromatic rings. The summed E-state index contributed by atoms with van der Waals surface area (Å²) in [6.07, 6.45) is 3.26. The summed E-state index contributed by atoms with van der Waals surface area (Å²) in [4.78, 5) is 24.6. The maximum absolute atomic E-state index is 12.3. The molecule has 0 fully saturated rings. The molecule has 0 aliphatic carbocycles. The van der Waals surface area contributed by atoms with E-state index in [4.69, 9.17) is 4.42 Å². The first kappa shape index (κ1) is 15.4. The first-order valence-electron chi connectivity index (χ1n) is 7.20. The van der Waals surface area contributed by atoms with Gasteiger partial charge in [0.1, 0.15) is 0 Å². The lowest BCUT2D eigenvalue weighted by atomic mass is 9.96. The third-order valence-electron chi connectivity index (χ3n) is 3.59. The smallest absolute Gasteiger partial charge is 0.229 e. The Bertz CT molecular complexity index is 732. The molecule has 1 aromatic heterocycles. The number of amides is 1. The van der Waals surface area contributed by atoms with Crippen molar-refractivity contribution >= 4 is 23.5 Å². The molecule has 5 nitrogen and oxygen atoms in total. The average molecular weight is 328 g/mol. The predicted molar refractivity (Wildman–Crippen MR) is 88.8 cm³/mol. The number of carbonyl (C=O) groups excluding carboxylic acids is 2. The molecule has 2 heterocycles. The number of thioether (sulfide) groups is 1. The van der Waals surface area contributed by atoms with Crippen molar-refractivity contribution in [3.05, 3.63) is 71.2 Å². The van der Waals surface area contributed by atoms with Crippen LogP contribution in [0.4, 0.5) is 0 Å². The Morgan fingerprint density at radius 1 is 1.30 bits per heavy atom. The van der Waals surface area contributed by atoms with Crippen molar-refractivity contribution in [1.29, 1.82) is 0 Å². The van der Waals surface area contributed by atoms with Crippen LogP contribution in [-0.2, 0) is 4.79 Å². The molecule has 2 N–H and O–H groups in total. The highest BCUT2D eigenvalue weighted by atomic mass is 32.2. The van der Waals surface area contributed by atoms with Crippen molar-refractivity contribution in [3.8, 4) is 0 Å². The molecule has 2 atom stereocenters. The van der Waals surface area contributed by atoms with Gasteiger partial charge in [0, 0.05) is 11.8 Å². The highest BCUT2D eigenvalue weighted by Crippen LogP contribution is 2.20. The molecule has 2 unspecified atom stereocenters. The zero-order valence-corrected chi connectivity index (χ0v) is 13.3. The molecular weight excluding hydrogens is 312 g/mol. The van der Waals surface area contributed by atoms with Gasteiger partial charge in [0.2, 0.25) is 11.7 Å². The Morgan fingerprint density at radius 2 is 2.17 bits per heavy atom. The van der Waals surface area contributed by atoms with E-state index in [9.17, 15) is 9.59 Å². The minimum absolute atomic E-state index is 0.0960. The van der Waals surface area contributed by atoms with E-state index in [1.54, 1.807) is 36.5 Å². The summed E-state index contributed by atoms with van der Waals surface area (Å²) in [7, 11) is 0. The average Bonchev–Trinajstić information content (AvgIpc) is 3.27. The lowest BCUT2D eigenvalue weighted by molar-refractivity contribution is -0.122. The largest absolute Gasteiger partial charge is 0.461 e. The SMILES string of the molecule is CC(C(=O)NC1NC=CS1)c1cccc(C(=O)c2ccco2)c1. The van der Waals surface area contributed by atoms with Gasteiger partial charge in [0.25, 0.3) is 0 Å². The summed E-state index contributed by atoms with van der Waals surface area (Å²) < 4.78 is 5.14. The van der Waals surface area contributed by atoms with Crippen LogP contribution in [0.3, 0.4) is 0 Å². The molecule has 118 valence electrons. The van der Waals surface area contributed by atoms with Crippen molar-refractivity contribution in [2.24, 2.45) is 0 Å². The monoisotopic (exact) mass is 328 g/mol. The van der Waals surface area contributed by atoms with Gasteiger partial charge in [-0.1, -0.05) is 30.0 Å². The van der Waals surface area contributed by atoms with Gasteiger partial charge in [-0.15, -0.1) is 0 Å². The van der Waals surface area contributed by atoms with E-state index < -0.39 is 0 Å². The zero-order chi connectivity index (χ0) is 16.2. The topological polar surface area (TPSA) is 71.3 Å². The molecule has 1 aliphatic heterocycles. The number of ketones is 1. The summed E-state index contributed by atoms with van der Waals surface area (Å²) in [5, 5.41) is 7.81. The molecule has 3 rings (SSSR count). The lowest BCUT2D eigenvalue weighted by Gasteiger charge is -2.17. The third-order valence-corrected chi connectivity index (χ3v) is 4.41. The van der Waals surface area contributed by atoms with Gasteiger partial charge in [0.05, 0.1) is 12.2 Å². The normalized spacial score (nSPS) is 17.5. The molecule has 1 amide bonds. The van der Waals surface area contributed by atoms with Gasteiger partial charge in [-0.3, -0.25) is 9.59 Å². The zero-order valence-electron chi connectivity index (χ0n) is 12.5. The Labute approximate surface area is 138 Å². The second-order valence-electron chi connectivity index (χ2n) is 5.15. The van der Waals surface area contributed by atoms with Crippen molar-refractivity contribution in [2.45, 2.75) is 18.3 Å². The van der Waals surface area contributed by atoms with Crippen LogP contribution >= 0.6 is 11.8 Å². The highest BCUT2D eigenvalue weighted by Gasteiger charge is 2.21. The van der Waals surface area contributed by atoms with E-state index in [2.05, 4.69) is 10.6 Å². The van der Waals surface area contributed by atoms with Crippen LogP contribution in [0.1, 0.15) is 34.5 Å². The van der Waals surface area contributed by atoms with Gasteiger partial charge >= 0.3 is 0 Å². The van der Waals surface area contributed by atoms with Crippen molar-refractivity contribution in [3.63, 3.8) is 0 Å². The fourth-order valence-electron chi connectivity index (χ4n) is 2.26. The van der Waals surface area contributed by atoms with Crippen LogP contribution in [0, 0.1) is 0 Å². The van der Waals surface area contributed by atoms with E-state index >= 15 is 0 Å². The molecule has 0 bridgehead atoms. The molecule has 0 saturated heterocycles. The number of hydrogen-bond donors (Lipinski definition) is 2. The van der Waals surface area contributed by atoms with Crippen LogP contribution in [0.5, 0.6) is 0 Å². The first-order chi connectivity index (χ1) is 11.1. The van der Waals surface area contributed by atoms with Crippen molar-refractivity contribution in [2.75, 3.05) is 0 Å². The standard InChI is InChI=1S/C17H16N2O3S/c1-11(16(21)19-17-18-7-9-23-17)12-4-2-5-13(10-12)15(20)14-6-3-8-22-14/h2-11,17-18H,1H3,(H,19,21). The summed E-state index contributed by atoms with van der Waals surface area (Å²) in [6.45, 7) is 1.82. The molecular formula is C17H16N2O3S. The number of rotatable bonds is 5. The fraction of sp³-hybridized carbons (Fsp3) is 0.176. The van der Waals surface area contributed by atoms with Crippen LogP contribution < -0.4 is 10.6 Å². The minimum atomic E-state index is -0.359. The van der Waals surface area contributed by atoms with Gasteiger partial charge < -0.3 is 15.1 Å². The molecule has 0 saturated carbocycles. The molecule has 1 aliphatic rings. The van der Waals surface area contributed by atoms with E-state index in [1.807, 2.05) is 18.4 Å². The van der Waals surface area contributed by atoms with Crippen LogP contribution in [0.25, 0.3) is 0 Å². The summed E-state index contributed by atoms with van der Waals surface area (Å²) >= 11 is 1.50. The maximum Gasteiger partial charge on any atom is 0.229 e. The molecule has 23 heavy (non-hydrogen) atoms. The van der Waals surface area contributed by atoms with Crippen molar-refractivity contribution < 1.29 is 14.0 Å². The van der Waals surface area contributed by atoms with Crippen molar-refractivity contribution in [1.82, 2.24) is 10.6 Å². The Morgan fingerprint density at radius 3 is 2.87 bits per heavy atom. The molecule has 6 heteroatoms. The summed E-state index contributed by atoms with van der Waals surface area (Å²) in [5.41, 5.74) is 1.15. The number of hydrogen-bond acceptors (Lipinski definition) is 5. The van der Waals surface area contributed by atoms with E-state index in [-0.39, 0.29) is 28.9 Å². The second-order valence-corrected chi connectivity index (χ2v) is 6.16. The maximum atomic E-state index is 12.3. The van der Waals surface area contributed by atoms with E-state index in [0.29, 0.717) is 5.56 Å². The number of carbonyl (C=O) groups is 2. The summed E-state index contributed by atoms with van der Waals surface area (Å²) in [6, 6.07) is 10.4. The number of nitrogens with one attached hydrogen (secondary N) is 2. The van der Waals surface area contributed by atoms with E-state index in [1.165, 1.54) is 18.0 Å². The predicted octanol–water partition coefficient (Wildman–Crippen LogP) is 2.82. The molecule has 1 aromatic carbocycles. The Balaban J connectivity index is 1.73. The van der Waals surface area contributed by atoms with Crippen LogP contribution in [0.15, 0.2) is 58.7 Å². The molecule has 0 spiro atoms. The van der Waals surface area contributed by atoms with Gasteiger partial charge in [0.15, 0.2) is 11.3 Å². The molecule has 0 radical (unpaired) electrons. The van der Waals surface area contributed by atoms with Gasteiger partial charge in [-0.25, -0.2) is 0 Å². The first-order valence-corrected chi connectivity index (χ1v) is 8.14. The highest BCUT2D eigenvalue weighted by molar-refractivity contribution is 8.02. The Hall–Kier alpha value is -2.47. The third kappa shape index (κ3) is 3.48. The van der Waals surface area contributed by atoms with Crippen LogP contribution in [-0.4, -0.2) is 17.2 Å². The fourth-order valence-corrected chi connectivity index (χ4v) is 2.92. The minimum Gasteiger partial charge on any atom is -0.461 e.